The van der Waals surface area contributed by atoms with Gasteiger partial charge in [0.2, 0.25) is 0 Å². The molecular formula is C10H14F3NO2S. The molecule has 0 aromatic carbocycles. The first-order valence-corrected chi connectivity index (χ1v) is 5.85. The minimum Gasteiger partial charge on any atom is -0.385 e. The molecule has 98 valence electrons. The van der Waals surface area contributed by atoms with Crippen molar-refractivity contribution in [1.29, 1.82) is 0 Å². The summed E-state index contributed by atoms with van der Waals surface area (Å²) in [6, 6.07) is 0. The number of halogens is 3. The molecule has 0 radical (unpaired) electrons. The average Bonchev–Trinajstić information content (AvgIpc) is 2.64. The molecule has 0 spiro atoms. The van der Waals surface area contributed by atoms with Crippen molar-refractivity contribution < 1.29 is 23.0 Å². The maximum Gasteiger partial charge on any atom is 0.443 e. The molecule has 1 aromatic rings. The van der Waals surface area contributed by atoms with E-state index >= 15 is 0 Å². The highest BCUT2D eigenvalue weighted by Crippen LogP contribution is 2.37. The van der Waals surface area contributed by atoms with Crippen LogP contribution in [-0.4, -0.2) is 22.3 Å². The molecular weight excluding hydrogens is 255 g/mol. The van der Waals surface area contributed by atoms with Gasteiger partial charge in [-0.2, -0.15) is 13.2 Å². The molecule has 0 saturated heterocycles. The predicted octanol–water partition coefficient (Wildman–Crippen LogP) is 3.01. The number of nitrogens with zero attached hydrogens (tertiary/aromatic N) is 1. The fourth-order valence-corrected chi connectivity index (χ4v) is 2.28. The molecule has 3 nitrogen and oxygen atoms in total. The topological polar surface area (TPSA) is 42.4 Å². The minimum atomic E-state index is -4.47. The molecule has 1 unspecified atom stereocenters. The van der Waals surface area contributed by atoms with Gasteiger partial charge in [-0.15, -0.1) is 11.3 Å². The van der Waals surface area contributed by atoms with Gasteiger partial charge in [-0.25, -0.2) is 4.98 Å². The van der Waals surface area contributed by atoms with Crippen LogP contribution >= 0.6 is 11.3 Å². The van der Waals surface area contributed by atoms with E-state index in [0.717, 1.165) is 6.20 Å². The van der Waals surface area contributed by atoms with Crippen molar-refractivity contribution in [3.8, 4) is 0 Å². The van der Waals surface area contributed by atoms with Crippen molar-refractivity contribution in [3.63, 3.8) is 0 Å². The summed E-state index contributed by atoms with van der Waals surface area (Å²) < 4.78 is 42.3. The molecule has 1 heterocycles. The minimum absolute atomic E-state index is 0.149. The Morgan fingerprint density at radius 2 is 2.06 bits per heavy atom. The Kier molecular flexibility index (Phi) is 4.16. The highest BCUT2D eigenvalue weighted by molar-refractivity contribution is 7.11. The van der Waals surface area contributed by atoms with Crippen molar-refractivity contribution in [2.75, 3.05) is 6.61 Å². The van der Waals surface area contributed by atoms with Crippen LogP contribution in [0, 0.1) is 0 Å². The van der Waals surface area contributed by atoms with Gasteiger partial charge in [-0.1, -0.05) is 0 Å². The van der Waals surface area contributed by atoms with Crippen LogP contribution in [0.25, 0.3) is 0 Å². The van der Waals surface area contributed by atoms with Gasteiger partial charge in [-0.3, -0.25) is 0 Å². The van der Waals surface area contributed by atoms with Crippen molar-refractivity contribution >= 4 is 11.3 Å². The lowest BCUT2D eigenvalue weighted by molar-refractivity contribution is -0.137. The van der Waals surface area contributed by atoms with E-state index < -0.39 is 22.9 Å². The van der Waals surface area contributed by atoms with Crippen LogP contribution in [0.15, 0.2) is 6.20 Å². The number of ether oxygens (including phenoxy) is 1. The number of aliphatic hydroxyl groups is 1. The third kappa shape index (κ3) is 3.40. The zero-order valence-corrected chi connectivity index (χ0v) is 10.5. The number of aliphatic hydroxyl groups excluding tert-OH is 1. The molecule has 17 heavy (non-hydrogen) atoms. The highest BCUT2D eigenvalue weighted by Gasteiger charge is 2.37. The predicted molar refractivity (Wildman–Crippen MR) is 57.8 cm³/mol. The van der Waals surface area contributed by atoms with E-state index in [-0.39, 0.29) is 4.88 Å². The van der Waals surface area contributed by atoms with Gasteiger partial charge in [0.05, 0.1) is 10.5 Å². The monoisotopic (exact) mass is 269 g/mol. The summed E-state index contributed by atoms with van der Waals surface area (Å²) in [6.45, 7) is 5.36. The van der Waals surface area contributed by atoms with Gasteiger partial charge in [0.1, 0.15) is 6.10 Å². The molecule has 0 amide bonds. The molecule has 0 saturated carbocycles. The Bertz CT molecular complexity index is 376. The van der Waals surface area contributed by atoms with Crippen LogP contribution in [0.1, 0.15) is 36.8 Å². The van der Waals surface area contributed by atoms with Crippen LogP contribution in [0.2, 0.25) is 0 Å². The van der Waals surface area contributed by atoms with Gasteiger partial charge in [0, 0.05) is 12.8 Å². The first kappa shape index (κ1) is 14.4. The molecule has 7 heteroatoms. The maximum absolute atomic E-state index is 12.3. The van der Waals surface area contributed by atoms with Gasteiger partial charge in [0.25, 0.3) is 0 Å². The normalized spacial score (nSPS) is 15.0. The quantitative estimate of drug-likeness (QED) is 0.913. The number of alkyl halides is 3. The largest absolute Gasteiger partial charge is 0.443 e. The van der Waals surface area contributed by atoms with E-state index in [1.54, 1.807) is 20.8 Å². The number of hydrogen-bond donors (Lipinski definition) is 1. The Labute approximate surface area is 101 Å². The summed E-state index contributed by atoms with van der Waals surface area (Å²) in [5.41, 5.74) is -0.940. The molecule has 1 aromatic heterocycles. The Morgan fingerprint density at radius 1 is 1.47 bits per heavy atom. The molecule has 0 aliphatic heterocycles. The second-order valence-corrected chi connectivity index (χ2v) is 5.07. The van der Waals surface area contributed by atoms with Crippen LogP contribution in [0.5, 0.6) is 0 Å². The van der Waals surface area contributed by atoms with E-state index in [9.17, 15) is 18.3 Å². The fraction of sp³-hybridized carbons (Fsp3) is 0.700. The second-order valence-electron chi connectivity index (χ2n) is 4.00. The van der Waals surface area contributed by atoms with E-state index in [0.29, 0.717) is 17.9 Å². The second kappa shape index (κ2) is 4.91. The van der Waals surface area contributed by atoms with Crippen molar-refractivity contribution in [2.45, 2.75) is 38.7 Å². The zero-order valence-electron chi connectivity index (χ0n) is 9.71. The van der Waals surface area contributed by atoms with Crippen molar-refractivity contribution in [3.05, 3.63) is 16.1 Å². The Hall–Kier alpha value is -0.660. The molecule has 1 atom stereocenters. The van der Waals surface area contributed by atoms with Crippen molar-refractivity contribution in [1.82, 2.24) is 4.98 Å². The smallest absolute Gasteiger partial charge is 0.385 e. The lowest BCUT2D eigenvalue weighted by Crippen LogP contribution is -2.32. The number of thiazole rings is 1. The van der Waals surface area contributed by atoms with Gasteiger partial charge in [0.15, 0.2) is 5.01 Å². The fourth-order valence-electron chi connectivity index (χ4n) is 1.34. The van der Waals surface area contributed by atoms with Crippen LogP contribution < -0.4 is 0 Å². The molecule has 1 N–H and O–H groups in total. The van der Waals surface area contributed by atoms with Gasteiger partial charge in [-0.05, 0) is 20.8 Å². The lowest BCUT2D eigenvalue weighted by Gasteiger charge is -2.29. The standard InChI is InChI=1S/C10H14F3NO2S/c1-4-16-9(2,3)7(15)6-5-14-8(17-6)10(11,12)13/h5,7,15H,4H2,1-3H3. The number of rotatable bonds is 4. The third-order valence-corrected chi connectivity index (χ3v) is 3.31. The zero-order chi connectivity index (χ0) is 13.3. The lowest BCUT2D eigenvalue weighted by atomic mass is 10.0. The van der Waals surface area contributed by atoms with E-state index in [4.69, 9.17) is 4.74 Å². The average molecular weight is 269 g/mol. The van der Waals surface area contributed by atoms with E-state index in [1.807, 2.05) is 0 Å². The molecule has 0 aliphatic rings. The first-order chi connectivity index (χ1) is 7.68. The van der Waals surface area contributed by atoms with E-state index in [1.165, 1.54) is 0 Å². The molecule has 0 aliphatic carbocycles. The Morgan fingerprint density at radius 3 is 2.47 bits per heavy atom. The van der Waals surface area contributed by atoms with Crippen molar-refractivity contribution in [2.24, 2.45) is 0 Å². The molecule has 1 rings (SSSR count). The summed E-state index contributed by atoms with van der Waals surface area (Å²) in [4.78, 5) is 3.41. The first-order valence-electron chi connectivity index (χ1n) is 5.03. The number of aromatic nitrogens is 1. The SMILES string of the molecule is CCOC(C)(C)C(O)c1cnc(C(F)(F)F)s1. The van der Waals surface area contributed by atoms with Crippen LogP contribution in [-0.2, 0) is 10.9 Å². The summed E-state index contributed by atoms with van der Waals surface area (Å²) in [5, 5.41) is 8.98. The highest BCUT2D eigenvalue weighted by atomic mass is 32.1. The third-order valence-electron chi connectivity index (χ3n) is 2.21. The summed E-state index contributed by atoms with van der Waals surface area (Å²) >= 11 is 0.435. The summed E-state index contributed by atoms with van der Waals surface area (Å²) in [7, 11) is 0. The van der Waals surface area contributed by atoms with Crippen LogP contribution in [0.4, 0.5) is 13.2 Å². The Balaban J connectivity index is 2.90. The number of hydrogen-bond acceptors (Lipinski definition) is 4. The summed E-state index contributed by atoms with van der Waals surface area (Å²) in [5.74, 6) is 0. The maximum atomic E-state index is 12.3. The molecule has 0 bridgehead atoms. The van der Waals surface area contributed by atoms with Crippen LogP contribution in [0.3, 0.4) is 0 Å². The van der Waals surface area contributed by atoms with Gasteiger partial charge >= 0.3 is 6.18 Å². The van der Waals surface area contributed by atoms with E-state index in [2.05, 4.69) is 4.98 Å². The van der Waals surface area contributed by atoms with Gasteiger partial charge < -0.3 is 9.84 Å². The summed E-state index contributed by atoms with van der Waals surface area (Å²) in [6.07, 6.45) is -4.56. The molecule has 0 fully saturated rings.